The Morgan fingerprint density at radius 3 is 2.44 bits per heavy atom. The van der Waals surface area contributed by atoms with Crippen LogP contribution in [0.25, 0.3) is 0 Å². The van der Waals surface area contributed by atoms with Crippen LogP contribution in [0, 0.1) is 11.8 Å². The van der Waals surface area contributed by atoms with Crippen molar-refractivity contribution < 1.29 is 10.2 Å². The molecule has 0 aromatic heterocycles. The van der Waals surface area contributed by atoms with Crippen molar-refractivity contribution in [1.29, 1.82) is 0 Å². The van der Waals surface area contributed by atoms with Gasteiger partial charge in [-0.1, -0.05) is 11.8 Å². The monoisotopic (exact) mass is 214 g/mol. The second-order valence-electron chi connectivity index (χ2n) is 4.01. The van der Waals surface area contributed by atoms with Crippen molar-refractivity contribution in [2.45, 2.75) is 25.9 Å². The number of aliphatic hydroxyl groups is 1. The molecule has 1 aliphatic rings. The van der Waals surface area contributed by atoms with Crippen LogP contribution in [0.3, 0.4) is 0 Å². The van der Waals surface area contributed by atoms with Gasteiger partial charge in [0.1, 0.15) is 5.75 Å². The molecule has 1 aliphatic carbocycles. The summed E-state index contributed by atoms with van der Waals surface area (Å²) < 4.78 is 0. The van der Waals surface area contributed by atoms with Gasteiger partial charge in [0.05, 0.1) is 6.10 Å². The Morgan fingerprint density at radius 2 is 1.88 bits per heavy atom. The number of aliphatic hydroxyl groups excluding tert-OH is 1. The van der Waals surface area contributed by atoms with Crippen molar-refractivity contribution in [3.8, 4) is 17.6 Å². The van der Waals surface area contributed by atoms with Crippen LogP contribution >= 0.6 is 0 Å². The van der Waals surface area contributed by atoms with Crippen LogP contribution in [-0.4, -0.2) is 16.3 Å². The summed E-state index contributed by atoms with van der Waals surface area (Å²) in [4.78, 5) is 0. The fourth-order valence-electron chi connectivity index (χ4n) is 1.75. The molecule has 1 aromatic rings. The second kappa shape index (κ2) is 4.42. The van der Waals surface area contributed by atoms with Gasteiger partial charge < -0.3 is 10.2 Å². The van der Waals surface area contributed by atoms with Gasteiger partial charge in [-0.25, -0.2) is 0 Å². The molecule has 2 heteroatoms. The van der Waals surface area contributed by atoms with Crippen LogP contribution in [0.1, 0.15) is 25.3 Å². The fraction of sp³-hybridized carbons (Fsp3) is 0.286. The van der Waals surface area contributed by atoms with E-state index >= 15 is 0 Å². The molecule has 0 heterocycles. The van der Waals surface area contributed by atoms with Gasteiger partial charge in [-0.05, 0) is 49.6 Å². The van der Waals surface area contributed by atoms with Gasteiger partial charge in [0.25, 0.3) is 0 Å². The van der Waals surface area contributed by atoms with E-state index in [0.29, 0.717) is 0 Å². The van der Waals surface area contributed by atoms with Crippen LogP contribution in [-0.2, 0) is 0 Å². The largest absolute Gasteiger partial charge is 0.508 e. The van der Waals surface area contributed by atoms with Crippen LogP contribution < -0.4 is 0 Å². The Bertz CT molecular complexity index is 472. The molecule has 16 heavy (non-hydrogen) atoms. The minimum absolute atomic E-state index is 0.247. The SMILES string of the molecule is CC1=C(C#Cc2ccc(O)cc2)CCC1O. The van der Waals surface area contributed by atoms with Crippen LogP contribution in [0.5, 0.6) is 5.75 Å². The summed E-state index contributed by atoms with van der Waals surface area (Å²) in [6.07, 6.45) is 1.33. The van der Waals surface area contributed by atoms with E-state index in [1.165, 1.54) is 0 Å². The zero-order valence-electron chi connectivity index (χ0n) is 9.20. The normalized spacial score (nSPS) is 19.5. The Kier molecular flexibility index (Phi) is 2.98. The van der Waals surface area contributed by atoms with Gasteiger partial charge in [0.15, 0.2) is 0 Å². The van der Waals surface area contributed by atoms with E-state index in [4.69, 9.17) is 5.11 Å². The molecular weight excluding hydrogens is 200 g/mol. The molecular formula is C14H14O2. The number of allylic oxidation sites excluding steroid dienone is 1. The summed E-state index contributed by atoms with van der Waals surface area (Å²) in [5.41, 5.74) is 2.91. The van der Waals surface area contributed by atoms with E-state index in [9.17, 15) is 5.11 Å². The smallest absolute Gasteiger partial charge is 0.115 e. The van der Waals surface area contributed by atoms with Crippen molar-refractivity contribution in [2.24, 2.45) is 0 Å². The molecule has 2 rings (SSSR count). The van der Waals surface area contributed by atoms with Gasteiger partial charge in [0, 0.05) is 11.1 Å². The topological polar surface area (TPSA) is 40.5 Å². The Morgan fingerprint density at radius 1 is 1.19 bits per heavy atom. The standard InChI is InChI=1S/C14H14O2/c1-10-12(6-9-14(10)16)5-2-11-3-7-13(15)8-4-11/h3-4,7-8,14-16H,6,9H2,1H3. The number of aromatic hydroxyl groups is 1. The summed E-state index contributed by atoms with van der Waals surface area (Å²) in [6, 6.07) is 6.80. The highest BCUT2D eigenvalue weighted by Crippen LogP contribution is 2.25. The molecule has 0 bridgehead atoms. The predicted molar refractivity (Wildman–Crippen MR) is 62.9 cm³/mol. The highest BCUT2D eigenvalue weighted by molar-refractivity contribution is 5.45. The summed E-state index contributed by atoms with van der Waals surface area (Å²) in [7, 11) is 0. The average molecular weight is 214 g/mol. The first kappa shape index (κ1) is 10.8. The van der Waals surface area contributed by atoms with Crippen LogP contribution in [0.15, 0.2) is 35.4 Å². The first-order valence-corrected chi connectivity index (χ1v) is 5.35. The summed E-state index contributed by atoms with van der Waals surface area (Å²) in [5, 5.41) is 18.7. The van der Waals surface area contributed by atoms with Crippen LogP contribution in [0.4, 0.5) is 0 Å². The molecule has 0 spiro atoms. The zero-order chi connectivity index (χ0) is 11.5. The number of rotatable bonds is 0. The third kappa shape index (κ3) is 2.26. The lowest BCUT2D eigenvalue weighted by atomic mass is 10.1. The van der Waals surface area contributed by atoms with Gasteiger partial charge in [-0.15, -0.1) is 0 Å². The third-order valence-electron chi connectivity index (χ3n) is 2.87. The molecule has 2 nitrogen and oxygen atoms in total. The van der Waals surface area contributed by atoms with E-state index in [2.05, 4.69) is 11.8 Å². The maximum absolute atomic E-state index is 9.54. The molecule has 1 aromatic carbocycles. The molecule has 82 valence electrons. The molecule has 0 aliphatic heterocycles. The van der Waals surface area contributed by atoms with E-state index in [-0.39, 0.29) is 11.9 Å². The lowest BCUT2D eigenvalue weighted by Crippen LogP contribution is -2.00. The highest BCUT2D eigenvalue weighted by atomic mass is 16.3. The van der Waals surface area contributed by atoms with E-state index < -0.39 is 0 Å². The number of hydrogen-bond acceptors (Lipinski definition) is 2. The lowest BCUT2D eigenvalue weighted by molar-refractivity contribution is 0.212. The van der Waals surface area contributed by atoms with Gasteiger partial charge in [0.2, 0.25) is 0 Å². The van der Waals surface area contributed by atoms with E-state index in [1.54, 1.807) is 24.3 Å². The lowest BCUT2D eigenvalue weighted by Gasteiger charge is -1.99. The first-order chi connectivity index (χ1) is 7.66. The van der Waals surface area contributed by atoms with Gasteiger partial charge in [-0.3, -0.25) is 0 Å². The number of hydrogen-bond donors (Lipinski definition) is 2. The number of phenolic OH excluding ortho intramolecular Hbond substituents is 1. The molecule has 1 unspecified atom stereocenters. The quantitative estimate of drug-likeness (QED) is 0.650. The maximum atomic E-state index is 9.54. The fourth-order valence-corrected chi connectivity index (χ4v) is 1.75. The Hall–Kier alpha value is -1.72. The van der Waals surface area contributed by atoms with Crippen LogP contribution in [0.2, 0.25) is 0 Å². The highest BCUT2D eigenvalue weighted by Gasteiger charge is 2.18. The summed E-state index contributed by atoms with van der Waals surface area (Å²) >= 11 is 0. The number of phenols is 1. The van der Waals surface area contributed by atoms with Crippen molar-refractivity contribution >= 4 is 0 Å². The average Bonchev–Trinajstić information content (AvgIpc) is 2.60. The van der Waals surface area contributed by atoms with Crippen molar-refractivity contribution in [1.82, 2.24) is 0 Å². The predicted octanol–water partition coefficient (Wildman–Crippen LogP) is 2.21. The third-order valence-corrected chi connectivity index (χ3v) is 2.87. The Balaban J connectivity index is 2.20. The van der Waals surface area contributed by atoms with Gasteiger partial charge in [-0.2, -0.15) is 0 Å². The molecule has 0 saturated carbocycles. The summed E-state index contributed by atoms with van der Waals surface area (Å²) in [5.74, 6) is 6.37. The molecule has 1 atom stereocenters. The van der Waals surface area contributed by atoms with Crippen molar-refractivity contribution in [2.75, 3.05) is 0 Å². The maximum Gasteiger partial charge on any atom is 0.115 e. The van der Waals surface area contributed by atoms with E-state index in [1.807, 2.05) is 6.92 Å². The molecule has 0 radical (unpaired) electrons. The van der Waals surface area contributed by atoms with Gasteiger partial charge >= 0.3 is 0 Å². The molecule has 0 saturated heterocycles. The number of benzene rings is 1. The molecule has 2 N–H and O–H groups in total. The zero-order valence-corrected chi connectivity index (χ0v) is 9.20. The van der Waals surface area contributed by atoms with E-state index in [0.717, 1.165) is 29.6 Å². The summed E-state index contributed by atoms with van der Waals surface area (Å²) in [6.45, 7) is 1.93. The molecule has 0 amide bonds. The minimum Gasteiger partial charge on any atom is -0.508 e. The molecule has 0 fully saturated rings. The van der Waals surface area contributed by atoms with Crippen molar-refractivity contribution in [3.63, 3.8) is 0 Å². The van der Waals surface area contributed by atoms with Crippen molar-refractivity contribution in [3.05, 3.63) is 41.0 Å². The minimum atomic E-state index is -0.316. The Labute approximate surface area is 95.2 Å². The first-order valence-electron chi connectivity index (χ1n) is 5.35. The second-order valence-corrected chi connectivity index (χ2v) is 4.01.